The van der Waals surface area contributed by atoms with E-state index in [9.17, 15) is 9.59 Å². The zero-order chi connectivity index (χ0) is 23.0. The smallest absolute Gasteiger partial charge is 0.255 e. The van der Waals surface area contributed by atoms with Crippen LogP contribution in [0.4, 0.5) is 5.69 Å². The Morgan fingerprint density at radius 3 is 2.21 bits per heavy atom. The molecule has 0 bridgehead atoms. The molecule has 3 aromatic rings. The summed E-state index contributed by atoms with van der Waals surface area (Å²) in [6, 6.07) is 22.9. The van der Waals surface area contributed by atoms with Crippen molar-refractivity contribution in [3.63, 3.8) is 0 Å². The third kappa shape index (κ3) is 6.30. The van der Waals surface area contributed by atoms with Crippen molar-refractivity contribution in [2.24, 2.45) is 0 Å². The van der Waals surface area contributed by atoms with E-state index >= 15 is 0 Å². The van der Waals surface area contributed by atoms with E-state index in [1.165, 1.54) is 37.9 Å². The number of piperidine rings is 1. The number of anilines is 1. The number of hydrogen-bond donors (Lipinski definition) is 2. The Balaban J connectivity index is 1.33. The highest BCUT2D eigenvalue weighted by Crippen LogP contribution is 2.19. The van der Waals surface area contributed by atoms with Crippen molar-refractivity contribution in [2.45, 2.75) is 39.3 Å². The van der Waals surface area contributed by atoms with Crippen LogP contribution < -0.4 is 10.6 Å². The average Bonchev–Trinajstić information content (AvgIpc) is 2.86. The first-order chi connectivity index (χ1) is 16.1. The number of aryl methyl sites for hydroxylation is 1. The van der Waals surface area contributed by atoms with Gasteiger partial charge in [-0.1, -0.05) is 55.0 Å². The van der Waals surface area contributed by atoms with Crippen LogP contribution in [0.15, 0.2) is 72.8 Å². The van der Waals surface area contributed by atoms with Crippen LogP contribution in [0.5, 0.6) is 0 Å². The molecule has 5 nitrogen and oxygen atoms in total. The summed E-state index contributed by atoms with van der Waals surface area (Å²) in [4.78, 5) is 27.7. The molecule has 0 radical (unpaired) electrons. The van der Waals surface area contributed by atoms with E-state index < -0.39 is 0 Å². The van der Waals surface area contributed by atoms with Crippen LogP contribution in [0.3, 0.4) is 0 Å². The first-order valence-corrected chi connectivity index (χ1v) is 11.6. The van der Waals surface area contributed by atoms with Gasteiger partial charge in [0.05, 0.1) is 0 Å². The summed E-state index contributed by atoms with van der Waals surface area (Å²) < 4.78 is 0. The quantitative estimate of drug-likeness (QED) is 0.532. The minimum Gasteiger partial charge on any atom is -0.348 e. The van der Waals surface area contributed by atoms with Gasteiger partial charge in [0, 0.05) is 29.9 Å². The molecule has 0 saturated carbocycles. The molecule has 1 heterocycles. The predicted molar refractivity (Wildman–Crippen MR) is 132 cm³/mol. The normalized spacial score (nSPS) is 14.0. The zero-order valence-corrected chi connectivity index (χ0v) is 19.1. The molecule has 2 amide bonds. The molecule has 1 fully saturated rings. The van der Waals surface area contributed by atoms with E-state index in [1.807, 2.05) is 31.2 Å². The fourth-order valence-corrected chi connectivity index (χ4v) is 4.10. The first-order valence-electron chi connectivity index (χ1n) is 11.6. The van der Waals surface area contributed by atoms with Crippen LogP contribution >= 0.6 is 0 Å². The Hall–Kier alpha value is -3.44. The van der Waals surface area contributed by atoms with Gasteiger partial charge in [0.15, 0.2) is 0 Å². The molecule has 3 aromatic carbocycles. The van der Waals surface area contributed by atoms with Crippen LogP contribution in [-0.4, -0.2) is 29.8 Å². The van der Waals surface area contributed by atoms with Gasteiger partial charge in [0.2, 0.25) is 0 Å². The Bertz CT molecular complexity index is 1090. The van der Waals surface area contributed by atoms with E-state index in [4.69, 9.17) is 0 Å². The number of nitrogens with zero attached hydrogens (tertiary/aromatic N) is 1. The van der Waals surface area contributed by atoms with Gasteiger partial charge in [-0.2, -0.15) is 0 Å². The number of amides is 2. The summed E-state index contributed by atoms with van der Waals surface area (Å²) in [7, 11) is 0. The van der Waals surface area contributed by atoms with Crippen molar-refractivity contribution < 1.29 is 9.59 Å². The van der Waals surface area contributed by atoms with Gasteiger partial charge in [0.25, 0.3) is 11.8 Å². The lowest BCUT2D eigenvalue weighted by molar-refractivity contribution is 0.0949. The fraction of sp³-hybridized carbons (Fsp3) is 0.286. The Kier molecular flexibility index (Phi) is 7.53. The average molecular weight is 442 g/mol. The molecule has 4 rings (SSSR count). The third-order valence-corrected chi connectivity index (χ3v) is 6.11. The maximum absolute atomic E-state index is 12.7. The van der Waals surface area contributed by atoms with Gasteiger partial charge in [-0.05, 0) is 73.8 Å². The van der Waals surface area contributed by atoms with Crippen molar-refractivity contribution in [3.05, 3.63) is 101 Å². The molecule has 2 N–H and O–H groups in total. The van der Waals surface area contributed by atoms with E-state index in [2.05, 4.69) is 39.8 Å². The molecule has 0 aliphatic carbocycles. The van der Waals surface area contributed by atoms with Crippen molar-refractivity contribution in [3.8, 4) is 0 Å². The van der Waals surface area contributed by atoms with E-state index in [-0.39, 0.29) is 11.8 Å². The molecule has 0 spiro atoms. The molecule has 0 atom stereocenters. The van der Waals surface area contributed by atoms with Gasteiger partial charge in [-0.15, -0.1) is 0 Å². The topological polar surface area (TPSA) is 61.4 Å². The van der Waals surface area contributed by atoms with Crippen molar-refractivity contribution in [2.75, 3.05) is 18.4 Å². The summed E-state index contributed by atoms with van der Waals surface area (Å²) in [5.41, 5.74) is 5.01. The molecule has 1 saturated heterocycles. The van der Waals surface area contributed by atoms with Gasteiger partial charge < -0.3 is 10.6 Å². The summed E-state index contributed by atoms with van der Waals surface area (Å²) >= 11 is 0. The van der Waals surface area contributed by atoms with E-state index in [1.54, 1.807) is 24.3 Å². The Morgan fingerprint density at radius 1 is 0.788 bits per heavy atom. The summed E-state index contributed by atoms with van der Waals surface area (Å²) in [5.74, 6) is -0.358. The largest absolute Gasteiger partial charge is 0.348 e. The van der Waals surface area contributed by atoms with Gasteiger partial charge >= 0.3 is 0 Å². The molecule has 1 aliphatic rings. The molecule has 0 aromatic heterocycles. The van der Waals surface area contributed by atoms with Crippen LogP contribution in [-0.2, 0) is 13.1 Å². The summed E-state index contributed by atoms with van der Waals surface area (Å²) in [6.07, 6.45) is 3.93. The molecule has 170 valence electrons. The van der Waals surface area contributed by atoms with Gasteiger partial charge in [-0.25, -0.2) is 0 Å². The number of nitrogens with one attached hydrogen (secondary N) is 2. The van der Waals surface area contributed by atoms with Crippen LogP contribution in [0.25, 0.3) is 0 Å². The number of rotatable bonds is 7. The second-order valence-electron chi connectivity index (χ2n) is 8.69. The van der Waals surface area contributed by atoms with E-state index in [0.717, 1.165) is 17.7 Å². The number of benzene rings is 3. The fourth-order valence-electron chi connectivity index (χ4n) is 4.10. The zero-order valence-electron chi connectivity index (χ0n) is 19.1. The van der Waals surface area contributed by atoms with Crippen LogP contribution in [0.1, 0.15) is 56.7 Å². The molecule has 33 heavy (non-hydrogen) atoms. The number of hydrogen-bond acceptors (Lipinski definition) is 3. The van der Waals surface area contributed by atoms with Gasteiger partial charge in [0.1, 0.15) is 0 Å². The number of carbonyl (C=O) groups excluding carboxylic acids is 2. The number of carbonyl (C=O) groups is 2. The lowest BCUT2D eigenvalue weighted by atomic mass is 10.1. The highest BCUT2D eigenvalue weighted by atomic mass is 16.2. The third-order valence-electron chi connectivity index (χ3n) is 6.11. The monoisotopic (exact) mass is 441 g/mol. The van der Waals surface area contributed by atoms with Crippen molar-refractivity contribution in [1.29, 1.82) is 0 Å². The van der Waals surface area contributed by atoms with Gasteiger partial charge in [-0.3, -0.25) is 14.5 Å². The minimum atomic E-state index is -0.194. The summed E-state index contributed by atoms with van der Waals surface area (Å²) in [6.45, 7) is 5.73. The Morgan fingerprint density at radius 2 is 1.48 bits per heavy atom. The lowest BCUT2D eigenvalue weighted by Crippen LogP contribution is -2.29. The minimum absolute atomic E-state index is 0.164. The highest BCUT2D eigenvalue weighted by Gasteiger charge is 2.12. The van der Waals surface area contributed by atoms with Crippen LogP contribution in [0, 0.1) is 6.92 Å². The van der Waals surface area contributed by atoms with Crippen molar-refractivity contribution in [1.82, 2.24) is 10.2 Å². The molecular formula is C28H31N3O2. The molecular weight excluding hydrogens is 410 g/mol. The lowest BCUT2D eigenvalue weighted by Gasteiger charge is -2.26. The Labute approximate surface area is 195 Å². The number of likely N-dealkylation sites (tertiary alicyclic amines) is 1. The molecule has 0 unspecified atom stereocenters. The predicted octanol–water partition coefficient (Wildman–Crippen LogP) is 5.16. The standard InChI is InChI=1S/C28H31N3O2/c1-21-10-15-25(18-26(21)30-28(33)24-8-4-2-5-9-24)27(32)29-19-22-11-13-23(14-12-22)20-31-16-6-3-7-17-31/h2,4-5,8-15,18H,3,6-7,16-17,19-20H2,1H3,(H,29,32)(H,30,33). The first kappa shape index (κ1) is 22.7. The second-order valence-corrected chi connectivity index (χ2v) is 8.69. The molecule has 1 aliphatic heterocycles. The SMILES string of the molecule is Cc1ccc(C(=O)NCc2ccc(CN3CCCCC3)cc2)cc1NC(=O)c1ccccc1. The second kappa shape index (κ2) is 10.9. The van der Waals surface area contributed by atoms with Crippen molar-refractivity contribution >= 4 is 17.5 Å². The maximum Gasteiger partial charge on any atom is 0.255 e. The molecule has 5 heteroatoms. The van der Waals surface area contributed by atoms with Crippen LogP contribution in [0.2, 0.25) is 0 Å². The van der Waals surface area contributed by atoms with E-state index in [0.29, 0.717) is 23.4 Å². The maximum atomic E-state index is 12.7. The highest BCUT2D eigenvalue weighted by molar-refractivity contribution is 6.05. The summed E-state index contributed by atoms with van der Waals surface area (Å²) in [5, 5.41) is 5.90.